The number of hydrogen-bond acceptors (Lipinski definition) is 6. The van der Waals surface area contributed by atoms with Gasteiger partial charge in [-0.2, -0.15) is 5.10 Å². The van der Waals surface area contributed by atoms with Crippen LogP contribution in [-0.2, 0) is 0 Å². The molecule has 0 saturated heterocycles. The summed E-state index contributed by atoms with van der Waals surface area (Å²) in [6, 6.07) is 7.81. The van der Waals surface area contributed by atoms with Crippen LogP contribution in [0.1, 0.15) is 28.6 Å². The molecule has 0 unspecified atom stereocenters. The first-order valence-electron chi connectivity index (χ1n) is 6.43. The Labute approximate surface area is 126 Å². The fraction of sp³-hybridized carbons (Fsp3) is 0.133. The molecule has 2 rings (SSSR count). The third-order valence-corrected chi connectivity index (χ3v) is 2.95. The molecule has 114 valence electrons. The number of para-hydroxylation sites is 1. The van der Waals surface area contributed by atoms with Gasteiger partial charge >= 0.3 is 5.63 Å². The molecule has 7 heteroatoms. The number of carbonyl (C=O) groups excluding carboxylic acids is 1. The van der Waals surface area contributed by atoms with Gasteiger partial charge in [0.05, 0.1) is 11.3 Å². The van der Waals surface area contributed by atoms with E-state index in [9.17, 15) is 14.7 Å². The molecular formula is C15H15N3O4. The van der Waals surface area contributed by atoms with Crippen molar-refractivity contribution in [2.24, 2.45) is 5.10 Å². The van der Waals surface area contributed by atoms with E-state index in [1.54, 1.807) is 24.3 Å². The lowest BCUT2D eigenvalue weighted by Crippen LogP contribution is -2.22. The maximum Gasteiger partial charge on any atom is 0.348 e. The van der Waals surface area contributed by atoms with Gasteiger partial charge in [-0.1, -0.05) is 12.1 Å². The lowest BCUT2D eigenvalue weighted by Gasteiger charge is -2.06. The summed E-state index contributed by atoms with van der Waals surface area (Å²) < 4.78 is 4.89. The van der Waals surface area contributed by atoms with Crippen molar-refractivity contribution in [3.05, 3.63) is 57.6 Å². The zero-order valence-corrected chi connectivity index (χ0v) is 12.1. The molecule has 0 fully saturated rings. The van der Waals surface area contributed by atoms with Gasteiger partial charge in [0.1, 0.15) is 17.1 Å². The van der Waals surface area contributed by atoms with Crippen LogP contribution in [0.25, 0.3) is 0 Å². The van der Waals surface area contributed by atoms with Crippen LogP contribution in [0.4, 0.5) is 5.69 Å². The number of carbonyl (C=O) groups is 1. The number of nitrogens with zero attached hydrogens (tertiary/aromatic N) is 1. The Morgan fingerprint density at radius 3 is 2.68 bits per heavy atom. The summed E-state index contributed by atoms with van der Waals surface area (Å²) in [6.07, 6.45) is 0. The molecule has 7 nitrogen and oxygen atoms in total. The molecule has 0 saturated carbocycles. The molecule has 0 atom stereocenters. The Kier molecular flexibility index (Phi) is 4.26. The van der Waals surface area contributed by atoms with E-state index in [0.717, 1.165) is 0 Å². The minimum atomic E-state index is -0.729. The summed E-state index contributed by atoms with van der Waals surface area (Å²) in [5.74, 6) is -0.503. The second-order valence-electron chi connectivity index (χ2n) is 4.63. The minimum absolute atomic E-state index is 0.105. The fourth-order valence-electron chi connectivity index (χ4n) is 1.88. The number of anilines is 1. The second-order valence-corrected chi connectivity index (χ2v) is 4.63. The lowest BCUT2D eigenvalue weighted by atomic mass is 10.1. The Balaban J connectivity index is 2.26. The Bertz CT molecular complexity index is 809. The first-order valence-corrected chi connectivity index (χ1v) is 6.43. The largest absolute Gasteiger partial charge is 0.507 e. The van der Waals surface area contributed by atoms with Crippen molar-refractivity contribution in [1.29, 1.82) is 0 Å². The maximum absolute atomic E-state index is 12.0. The molecule has 1 aromatic carbocycles. The van der Waals surface area contributed by atoms with E-state index in [-0.39, 0.29) is 28.3 Å². The molecule has 0 spiro atoms. The van der Waals surface area contributed by atoms with Crippen molar-refractivity contribution in [2.75, 3.05) is 5.73 Å². The first kappa shape index (κ1) is 15.3. The Morgan fingerprint density at radius 2 is 2.05 bits per heavy atom. The van der Waals surface area contributed by atoms with Crippen molar-refractivity contribution >= 4 is 17.3 Å². The molecule has 22 heavy (non-hydrogen) atoms. The number of hydrogen-bond donors (Lipinski definition) is 3. The summed E-state index contributed by atoms with van der Waals surface area (Å²) in [7, 11) is 0. The summed E-state index contributed by atoms with van der Waals surface area (Å²) >= 11 is 0. The van der Waals surface area contributed by atoms with Gasteiger partial charge in [-0.05, 0) is 26.0 Å². The fourth-order valence-corrected chi connectivity index (χ4v) is 1.88. The summed E-state index contributed by atoms with van der Waals surface area (Å²) in [4.78, 5) is 23.7. The van der Waals surface area contributed by atoms with Gasteiger partial charge in [-0.15, -0.1) is 0 Å². The summed E-state index contributed by atoms with van der Waals surface area (Å²) in [6.45, 7) is 3.01. The molecular weight excluding hydrogens is 286 g/mol. The standard InChI is InChI=1S/C15H15N3O4/c1-8-7-12(19)13(15(21)22-8)9(2)17-18-14(20)10-5-3-4-6-11(10)16/h3-7,19H,16H2,1-2H3,(H,18,20). The number of amides is 1. The van der Waals surface area contributed by atoms with Crippen molar-refractivity contribution in [3.63, 3.8) is 0 Å². The van der Waals surface area contributed by atoms with Gasteiger partial charge in [-0.3, -0.25) is 4.79 Å². The summed E-state index contributed by atoms with van der Waals surface area (Å²) in [5.41, 5.74) is 7.83. The van der Waals surface area contributed by atoms with E-state index < -0.39 is 11.5 Å². The summed E-state index contributed by atoms with van der Waals surface area (Å²) in [5, 5.41) is 13.6. The van der Waals surface area contributed by atoms with Gasteiger partial charge in [0, 0.05) is 11.8 Å². The molecule has 2 aromatic rings. The number of nitrogens with two attached hydrogens (primary N) is 1. The third kappa shape index (κ3) is 3.14. The topological polar surface area (TPSA) is 118 Å². The Morgan fingerprint density at radius 1 is 1.36 bits per heavy atom. The third-order valence-electron chi connectivity index (χ3n) is 2.95. The molecule has 0 aliphatic rings. The second kappa shape index (κ2) is 6.13. The van der Waals surface area contributed by atoms with Crippen LogP contribution in [0.2, 0.25) is 0 Å². The van der Waals surface area contributed by atoms with E-state index in [4.69, 9.17) is 10.2 Å². The number of nitrogens with one attached hydrogen (secondary N) is 1. The van der Waals surface area contributed by atoms with E-state index in [1.807, 2.05) is 0 Å². The number of hydrazone groups is 1. The molecule has 0 bridgehead atoms. The van der Waals surface area contributed by atoms with Crippen LogP contribution in [0, 0.1) is 6.92 Å². The van der Waals surface area contributed by atoms with Crippen molar-refractivity contribution in [1.82, 2.24) is 5.43 Å². The van der Waals surface area contributed by atoms with Gasteiger partial charge in [0.25, 0.3) is 5.91 Å². The van der Waals surface area contributed by atoms with Gasteiger partial charge in [0.15, 0.2) is 0 Å². The zero-order chi connectivity index (χ0) is 16.3. The van der Waals surface area contributed by atoms with Crippen LogP contribution >= 0.6 is 0 Å². The number of nitrogen functional groups attached to an aromatic ring is 1. The van der Waals surface area contributed by atoms with Gasteiger partial charge in [0.2, 0.25) is 0 Å². The average Bonchev–Trinajstić information content (AvgIpc) is 2.44. The number of rotatable bonds is 3. The van der Waals surface area contributed by atoms with E-state index in [0.29, 0.717) is 5.69 Å². The normalized spacial score (nSPS) is 11.3. The van der Waals surface area contributed by atoms with Crippen molar-refractivity contribution in [2.45, 2.75) is 13.8 Å². The highest BCUT2D eigenvalue weighted by Crippen LogP contribution is 2.15. The highest BCUT2D eigenvalue weighted by atomic mass is 16.4. The van der Waals surface area contributed by atoms with Crippen LogP contribution in [0.15, 0.2) is 44.6 Å². The van der Waals surface area contributed by atoms with Crippen LogP contribution in [0.3, 0.4) is 0 Å². The number of benzene rings is 1. The lowest BCUT2D eigenvalue weighted by molar-refractivity contribution is 0.0955. The first-order chi connectivity index (χ1) is 10.4. The minimum Gasteiger partial charge on any atom is -0.507 e. The Hall–Kier alpha value is -3.09. The molecule has 1 heterocycles. The van der Waals surface area contributed by atoms with E-state index in [2.05, 4.69) is 10.5 Å². The van der Waals surface area contributed by atoms with Gasteiger partial charge in [-0.25, -0.2) is 10.2 Å². The molecule has 1 amide bonds. The van der Waals surface area contributed by atoms with E-state index in [1.165, 1.54) is 19.9 Å². The van der Waals surface area contributed by atoms with Crippen LogP contribution in [0.5, 0.6) is 5.75 Å². The SMILES string of the molecule is CC(=NNC(=O)c1ccccc1N)c1c(O)cc(C)oc1=O. The monoisotopic (exact) mass is 301 g/mol. The van der Waals surface area contributed by atoms with Crippen LogP contribution in [-0.4, -0.2) is 16.7 Å². The molecule has 4 N–H and O–H groups in total. The van der Waals surface area contributed by atoms with Crippen molar-refractivity contribution in [3.8, 4) is 5.75 Å². The molecule has 0 radical (unpaired) electrons. The van der Waals surface area contributed by atoms with Crippen LogP contribution < -0.4 is 16.8 Å². The highest BCUT2D eigenvalue weighted by Gasteiger charge is 2.14. The predicted molar refractivity (Wildman–Crippen MR) is 81.9 cm³/mol. The van der Waals surface area contributed by atoms with Gasteiger partial charge < -0.3 is 15.3 Å². The smallest absolute Gasteiger partial charge is 0.348 e. The molecule has 0 aliphatic heterocycles. The maximum atomic E-state index is 12.0. The highest BCUT2D eigenvalue weighted by molar-refractivity contribution is 6.03. The predicted octanol–water partition coefficient (Wildman–Crippen LogP) is 1.39. The molecule has 0 aliphatic carbocycles. The average molecular weight is 301 g/mol. The number of aromatic hydroxyl groups is 1. The zero-order valence-electron chi connectivity index (χ0n) is 12.1. The number of aryl methyl sites for hydroxylation is 1. The quantitative estimate of drug-likeness (QED) is 0.450. The van der Waals surface area contributed by atoms with Crippen molar-refractivity contribution < 1.29 is 14.3 Å². The van der Waals surface area contributed by atoms with E-state index >= 15 is 0 Å². The molecule has 1 aromatic heterocycles.